The highest BCUT2D eigenvalue weighted by Crippen LogP contribution is 2.44. The first-order valence-electron chi connectivity index (χ1n) is 8.33. The molecule has 2 N–H and O–H groups in total. The Balaban J connectivity index is 1.92. The van der Waals surface area contributed by atoms with Crippen molar-refractivity contribution in [1.82, 2.24) is 9.80 Å². The molecular weight excluding hydrogens is 278 g/mol. The molecule has 22 heavy (non-hydrogen) atoms. The molecule has 0 aromatic rings. The van der Waals surface area contributed by atoms with E-state index in [4.69, 9.17) is 5.73 Å². The summed E-state index contributed by atoms with van der Waals surface area (Å²) in [5.41, 5.74) is 5.52. The van der Waals surface area contributed by atoms with E-state index in [2.05, 4.69) is 26.8 Å². The fraction of sp³-hybridized carbons (Fsp3) is 0.765. The van der Waals surface area contributed by atoms with Crippen molar-refractivity contribution >= 4 is 11.9 Å². The zero-order valence-electron chi connectivity index (χ0n) is 14.0. The number of nitrogens with zero attached hydrogens (tertiary/aromatic N) is 2. The molecule has 5 nitrogen and oxygen atoms in total. The van der Waals surface area contributed by atoms with Crippen LogP contribution in [-0.2, 0) is 4.79 Å². The van der Waals surface area contributed by atoms with Crippen molar-refractivity contribution in [2.75, 3.05) is 26.2 Å². The number of carbonyl (C=O) groups is 2. The molecule has 124 valence electrons. The summed E-state index contributed by atoms with van der Waals surface area (Å²) >= 11 is 0. The van der Waals surface area contributed by atoms with Crippen molar-refractivity contribution in [3.05, 3.63) is 12.2 Å². The van der Waals surface area contributed by atoms with Gasteiger partial charge in [-0.2, -0.15) is 0 Å². The summed E-state index contributed by atoms with van der Waals surface area (Å²) in [4.78, 5) is 26.8. The third-order valence-electron chi connectivity index (χ3n) is 5.35. The lowest BCUT2D eigenvalue weighted by Gasteiger charge is -2.41. The van der Waals surface area contributed by atoms with Crippen LogP contribution < -0.4 is 5.73 Å². The van der Waals surface area contributed by atoms with Crippen LogP contribution in [-0.4, -0.2) is 47.9 Å². The third kappa shape index (κ3) is 3.81. The molecule has 5 heteroatoms. The quantitative estimate of drug-likeness (QED) is 0.795. The molecule has 2 fully saturated rings. The topological polar surface area (TPSA) is 66.6 Å². The first-order valence-corrected chi connectivity index (χ1v) is 8.33. The van der Waals surface area contributed by atoms with E-state index in [0.717, 1.165) is 0 Å². The predicted octanol–water partition coefficient (Wildman–Crippen LogP) is 2.23. The molecule has 2 aliphatic rings. The number of urea groups is 1. The lowest BCUT2D eigenvalue weighted by molar-refractivity contribution is -0.127. The number of hydrogen-bond acceptors (Lipinski definition) is 2. The number of primary amides is 1. The molecule has 1 heterocycles. The summed E-state index contributed by atoms with van der Waals surface area (Å²) in [6, 6.07) is -0.402. The number of rotatable bonds is 2. The summed E-state index contributed by atoms with van der Waals surface area (Å²) in [7, 11) is 0. The van der Waals surface area contributed by atoms with Crippen molar-refractivity contribution in [2.24, 2.45) is 23.0 Å². The average molecular weight is 307 g/mol. The van der Waals surface area contributed by atoms with Gasteiger partial charge in [-0.25, -0.2) is 4.79 Å². The summed E-state index contributed by atoms with van der Waals surface area (Å²) in [5.74, 6) is 1.13. The number of amides is 3. The van der Waals surface area contributed by atoms with Gasteiger partial charge < -0.3 is 15.5 Å². The molecule has 0 unspecified atom stereocenters. The Labute approximate surface area is 133 Å². The van der Waals surface area contributed by atoms with Crippen LogP contribution in [0.5, 0.6) is 0 Å². The zero-order chi connectivity index (χ0) is 16.3. The maximum absolute atomic E-state index is 12.3. The van der Waals surface area contributed by atoms with Crippen LogP contribution >= 0.6 is 0 Å². The number of hydrogen-bond donors (Lipinski definition) is 1. The minimum absolute atomic E-state index is 0.0534. The number of nitrogens with two attached hydrogens (primary N) is 1. The van der Waals surface area contributed by atoms with E-state index in [1.165, 1.54) is 19.3 Å². The second kappa shape index (κ2) is 6.71. The summed E-state index contributed by atoms with van der Waals surface area (Å²) in [5, 5.41) is 0. The minimum atomic E-state index is -0.402. The standard InChI is InChI=1S/C17H29N3O2/c1-13-5-4-8-17(2,3)14(13)6-7-15(21)19-9-11-20(12-10-19)16(18)22/h6-7,13-14H,4-5,8-12H2,1-3H3,(H2,18,22)/b7-6+/t13-,14-/m0/s1. The minimum Gasteiger partial charge on any atom is -0.351 e. The number of allylic oxidation sites excluding steroid dienone is 1. The van der Waals surface area contributed by atoms with Crippen molar-refractivity contribution in [3.63, 3.8) is 0 Å². The van der Waals surface area contributed by atoms with Crippen molar-refractivity contribution in [1.29, 1.82) is 0 Å². The summed E-state index contributed by atoms with van der Waals surface area (Å²) in [6.07, 6.45) is 7.60. The van der Waals surface area contributed by atoms with Gasteiger partial charge in [-0.05, 0) is 29.7 Å². The monoisotopic (exact) mass is 307 g/mol. The molecule has 1 saturated heterocycles. The van der Waals surface area contributed by atoms with E-state index in [1.807, 2.05) is 0 Å². The van der Waals surface area contributed by atoms with Gasteiger partial charge in [0.15, 0.2) is 0 Å². The molecule has 1 aliphatic carbocycles. The molecule has 0 spiro atoms. The molecule has 1 aliphatic heterocycles. The fourth-order valence-electron chi connectivity index (χ4n) is 3.88. The van der Waals surface area contributed by atoms with E-state index in [9.17, 15) is 9.59 Å². The fourth-order valence-corrected chi connectivity index (χ4v) is 3.88. The molecule has 1 saturated carbocycles. The van der Waals surface area contributed by atoms with Gasteiger partial charge in [0.25, 0.3) is 0 Å². The lowest BCUT2D eigenvalue weighted by Crippen LogP contribution is -2.51. The molecule has 0 aromatic carbocycles. The maximum atomic E-state index is 12.3. The number of piperazine rings is 1. The van der Waals surface area contributed by atoms with Crippen LogP contribution in [0.2, 0.25) is 0 Å². The average Bonchev–Trinajstić information content (AvgIpc) is 2.46. The van der Waals surface area contributed by atoms with Gasteiger partial charge in [-0.1, -0.05) is 39.7 Å². The Hall–Kier alpha value is -1.52. The van der Waals surface area contributed by atoms with E-state index in [-0.39, 0.29) is 11.3 Å². The van der Waals surface area contributed by atoms with Crippen LogP contribution in [0.4, 0.5) is 4.79 Å². The van der Waals surface area contributed by atoms with Crippen LogP contribution in [0, 0.1) is 17.3 Å². The van der Waals surface area contributed by atoms with Crippen LogP contribution in [0.15, 0.2) is 12.2 Å². The predicted molar refractivity (Wildman–Crippen MR) is 87.2 cm³/mol. The van der Waals surface area contributed by atoms with Gasteiger partial charge in [0.05, 0.1) is 0 Å². The van der Waals surface area contributed by atoms with Crippen LogP contribution in [0.1, 0.15) is 40.0 Å². The summed E-state index contributed by atoms with van der Waals surface area (Å²) in [6.45, 7) is 9.07. The third-order valence-corrected chi connectivity index (χ3v) is 5.35. The molecular formula is C17H29N3O2. The van der Waals surface area contributed by atoms with Crippen molar-refractivity contribution < 1.29 is 9.59 Å². The van der Waals surface area contributed by atoms with E-state index in [0.29, 0.717) is 38.0 Å². The Bertz CT molecular complexity index is 451. The zero-order valence-corrected chi connectivity index (χ0v) is 14.0. The number of carbonyl (C=O) groups excluding carboxylic acids is 2. The van der Waals surface area contributed by atoms with Crippen LogP contribution in [0.25, 0.3) is 0 Å². The van der Waals surface area contributed by atoms with Crippen molar-refractivity contribution in [2.45, 2.75) is 40.0 Å². The van der Waals surface area contributed by atoms with Gasteiger partial charge in [0, 0.05) is 26.2 Å². The van der Waals surface area contributed by atoms with Gasteiger partial charge in [-0.15, -0.1) is 0 Å². The van der Waals surface area contributed by atoms with Gasteiger partial charge in [-0.3, -0.25) is 4.79 Å². The van der Waals surface area contributed by atoms with Gasteiger partial charge >= 0.3 is 6.03 Å². The smallest absolute Gasteiger partial charge is 0.314 e. The first-order chi connectivity index (χ1) is 10.3. The van der Waals surface area contributed by atoms with Gasteiger partial charge in [0.1, 0.15) is 0 Å². The summed E-state index contributed by atoms with van der Waals surface area (Å²) < 4.78 is 0. The van der Waals surface area contributed by atoms with Gasteiger partial charge in [0.2, 0.25) is 5.91 Å². The highest BCUT2D eigenvalue weighted by atomic mass is 16.2. The van der Waals surface area contributed by atoms with E-state index in [1.54, 1.807) is 15.9 Å². The lowest BCUT2D eigenvalue weighted by atomic mass is 9.64. The first kappa shape index (κ1) is 16.8. The second-order valence-corrected chi connectivity index (χ2v) is 7.39. The normalized spacial score (nSPS) is 28.9. The van der Waals surface area contributed by atoms with Crippen LogP contribution in [0.3, 0.4) is 0 Å². The molecule has 3 amide bonds. The highest BCUT2D eigenvalue weighted by Gasteiger charge is 2.35. The molecule has 2 rings (SSSR count). The van der Waals surface area contributed by atoms with Crippen molar-refractivity contribution in [3.8, 4) is 0 Å². The molecule has 2 atom stereocenters. The Kier molecular flexibility index (Phi) is 5.14. The van der Waals surface area contributed by atoms with E-state index >= 15 is 0 Å². The maximum Gasteiger partial charge on any atom is 0.314 e. The highest BCUT2D eigenvalue weighted by molar-refractivity contribution is 5.87. The molecule has 0 bridgehead atoms. The molecule has 0 radical (unpaired) electrons. The largest absolute Gasteiger partial charge is 0.351 e. The SMILES string of the molecule is C[C@H]1CCCC(C)(C)[C@H]1/C=C/C(=O)N1CCN(C(N)=O)CC1. The second-order valence-electron chi connectivity index (χ2n) is 7.39. The Morgan fingerprint density at radius 3 is 2.27 bits per heavy atom. The Morgan fingerprint density at radius 1 is 1.14 bits per heavy atom. The van der Waals surface area contributed by atoms with E-state index < -0.39 is 6.03 Å². The Morgan fingerprint density at radius 2 is 1.73 bits per heavy atom. The molecule has 0 aromatic heterocycles.